The molecule has 0 radical (unpaired) electrons. The standard InChI is InChI=1S/4C10H15P.Pt/c4*1-3-11(4-2)10-8-6-5-7-9-10;/h4*5-9H,3-4H2,1-2H3;/p+4. The van der Waals surface area contributed by atoms with Gasteiger partial charge in [0.2, 0.25) is 0 Å². The largest absolute Gasteiger partial charge is 0.0914 e. The van der Waals surface area contributed by atoms with Crippen LogP contribution in [0.2, 0.25) is 0 Å². The third-order valence-corrected chi connectivity index (χ3v) is 19.6. The summed E-state index contributed by atoms with van der Waals surface area (Å²) in [6.07, 6.45) is 10.8. The molecule has 0 bridgehead atoms. The van der Waals surface area contributed by atoms with Crippen molar-refractivity contribution in [1.29, 1.82) is 0 Å². The molecule has 0 atom stereocenters. The van der Waals surface area contributed by atoms with Crippen LogP contribution in [0.25, 0.3) is 0 Å². The van der Waals surface area contributed by atoms with Gasteiger partial charge in [0.25, 0.3) is 0 Å². The predicted octanol–water partition coefficient (Wildman–Crippen LogP) is 10.3. The van der Waals surface area contributed by atoms with Crippen molar-refractivity contribution in [2.45, 2.75) is 55.4 Å². The molecule has 0 nitrogen and oxygen atoms in total. The van der Waals surface area contributed by atoms with Gasteiger partial charge in [-0.15, -0.1) is 0 Å². The van der Waals surface area contributed by atoms with Crippen molar-refractivity contribution in [1.82, 2.24) is 0 Å². The number of benzene rings is 4. The first-order valence-electron chi connectivity index (χ1n) is 17.1. The fourth-order valence-corrected chi connectivity index (χ4v) is 13.2. The van der Waals surface area contributed by atoms with E-state index in [2.05, 4.69) is 177 Å². The fraction of sp³-hybridized carbons (Fsp3) is 0.400. The van der Waals surface area contributed by atoms with E-state index >= 15 is 0 Å². The summed E-state index contributed by atoms with van der Waals surface area (Å²) >= 11 is 0. The van der Waals surface area contributed by atoms with E-state index in [-0.39, 0.29) is 52.8 Å². The molecular weight excluding hydrogens is 799 g/mol. The van der Waals surface area contributed by atoms with Crippen molar-refractivity contribution in [2.24, 2.45) is 0 Å². The van der Waals surface area contributed by atoms with E-state index in [1.54, 1.807) is 21.2 Å². The zero-order valence-corrected chi connectivity index (χ0v) is 35.8. The molecule has 0 heterocycles. The molecule has 0 unspecified atom stereocenters. The second-order valence-electron chi connectivity index (χ2n) is 10.7. The van der Waals surface area contributed by atoms with Crippen LogP contribution >= 0.6 is 31.7 Å². The Morgan fingerprint density at radius 3 is 0.511 bits per heavy atom. The second kappa shape index (κ2) is 29.4. The van der Waals surface area contributed by atoms with Crippen LogP contribution in [-0.2, 0) is 21.1 Å². The Morgan fingerprint density at radius 1 is 0.267 bits per heavy atom. The Hall–Kier alpha value is -0.712. The number of hydrogen-bond donors (Lipinski definition) is 0. The van der Waals surface area contributed by atoms with Gasteiger partial charge in [-0.1, -0.05) is 72.8 Å². The Kier molecular flexibility index (Phi) is 29.0. The predicted molar refractivity (Wildman–Crippen MR) is 222 cm³/mol. The Labute approximate surface area is 298 Å². The molecule has 0 aliphatic heterocycles. The maximum Gasteiger partial charge on any atom is 0.0914 e. The molecule has 250 valence electrons. The molecule has 0 saturated carbocycles. The number of hydrogen-bond acceptors (Lipinski definition) is 0. The van der Waals surface area contributed by atoms with Crippen LogP contribution in [0.3, 0.4) is 0 Å². The molecule has 0 aliphatic carbocycles. The van der Waals surface area contributed by atoms with Gasteiger partial charge in [0.1, 0.15) is 0 Å². The molecule has 0 spiro atoms. The maximum atomic E-state index is 2.30. The van der Waals surface area contributed by atoms with Gasteiger partial charge in [-0.2, -0.15) is 0 Å². The van der Waals surface area contributed by atoms with Gasteiger partial charge in [-0.3, -0.25) is 0 Å². The average molecular weight is 864 g/mol. The molecule has 4 rings (SSSR count). The summed E-state index contributed by atoms with van der Waals surface area (Å²) in [5.41, 5.74) is 0. The van der Waals surface area contributed by atoms with Crippen LogP contribution in [0.15, 0.2) is 121 Å². The van der Waals surface area contributed by atoms with Crippen LogP contribution in [0.4, 0.5) is 0 Å². The van der Waals surface area contributed by atoms with E-state index in [1.807, 2.05) is 0 Å². The first kappa shape index (κ1) is 44.3. The van der Waals surface area contributed by atoms with Gasteiger partial charge in [0.05, 0.1) is 70.5 Å². The Bertz CT molecular complexity index is 954. The van der Waals surface area contributed by atoms with Crippen molar-refractivity contribution < 1.29 is 21.1 Å². The third-order valence-electron chi connectivity index (χ3n) is 8.14. The minimum absolute atomic E-state index is 0. The van der Waals surface area contributed by atoms with Gasteiger partial charge in [0, 0.05) is 52.8 Å². The Balaban J connectivity index is 0.000000569. The number of rotatable bonds is 12. The summed E-state index contributed by atoms with van der Waals surface area (Å²) in [6, 6.07) is 43.6. The molecule has 0 saturated heterocycles. The summed E-state index contributed by atoms with van der Waals surface area (Å²) < 4.78 is 0. The van der Waals surface area contributed by atoms with E-state index in [4.69, 9.17) is 0 Å². The molecule has 0 amide bonds. The maximum absolute atomic E-state index is 2.30. The van der Waals surface area contributed by atoms with E-state index in [1.165, 1.54) is 49.3 Å². The van der Waals surface area contributed by atoms with Crippen molar-refractivity contribution >= 4 is 52.9 Å². The van der Waals surface area contributed by atoms with E-state index in [0.717, 1.165) is 0 Å². The second-order valence-corrected chi connectivity index (χ2v) is 23.5. The van der Waals surface area contributed by atoms with Crippen molar-refractivity contribution in [3.05, 3.63) is 121 Å². The molecule has 0 aromatic heterocycles. The zero-order valence-electron chi connectivity index (χ0n) is 29.5. The van der Waals surface area contributed by atoms with Crippen LogP contribution in [-0.4, -0.2) is 49.3 Å². The molecule has 4 aromatic carbocycles. The minimum Gasteiger partial charge on any atom is -0.0620 e. The quantitative estimate of drug-likeness (QED) is 0.125. The first-order chi connectivity index (χ1) is 21.5. The van der Waals surface area contributed by atoms with Gasteiger partial charge in [-0.25, -0.2) is 0 Å². The Morgan fingerprint density at radius 2 is 0.400 bits per heavy atom. The van der Waals surface area contributed by atoms with Crippen LogP contribution in [0, 0.1) is 0 Å². The van der Waals surface area contributed by atoms with E-state index in [0.29, 0.717) is 0 Å². The third kappa shape index (κ3) is 18.4. The van der Waals surface area contributed by atoms with Gasteiger partial charge in [-0.05, 0) is 104 Å². The fourth-order valence-electron chi connectivity index (χ4n) is 5.33. The molecule has 0 N–H and O–H groups in total. The molecule has 5 heteroatoms. The van der Waals surface area contributed by atoms with Crippen molar-refractivity contribution in [3.8, 4) is 0 Å². The van der Waals surface area contributed by atoms with E-state index < -0.39 is 0 Å². The van der Waals surface area contributed by atoms with Crippen LogP contribution in [0.1, 0.15) is 55.4 Å². The monoisotopic (exact) mass is 863 g/mol. The topological polar surface area (TPSA) is 0 Å². The van der Waals surface area contributed by atoms with Crippen molar-refractivity contribution in [2.75, 3.05) is 49.3 Å². The summed E-state index contributed by atoms with van der Waals surface area (Å²) in [7, 11) is -0.804. The van der Waals surface area contributed by atoms with Gasteiger partial charge >= 0.3 is 0 Å². The van der Waals surface area contributed by atoms with E-state index in [9.17, 15) is 0 Å². The molecule has 45 heavy (non-hydrogen) atoms. The first-order valence-corrected chi connectivity index (χ1v) is 24.8. The van der Waals surface area contributed by atoms with Crippen molar-refractivity contribution in [3.63, 3.8) is 0 Å². The normalized spacial score (nSPS) is 10.2. The van der Waals surface area contributed by atoms with Gasteiger partial charge < -0.3 is 0 Å². The summed E-state index contributed by atoms with van der Waals surface area (Å²) in [6.45, 7) is 18.4. The van der Waals surface area contributed by atoms with Crippen LogP contribution < -0.4 is 21.2 Å². The summed E-state index contributed by atoms with van der Waals surface area (Å²) in [5, 5.41) is 6.34. The smallest absolute Gasteiger partial charge is 0.0620 e. The van der Waals surface area contributed by atoms with Gasteiger partial charge in [0.15, 0.2) is 0 Å². The minimum atomic E-state index is -0.201. The zero-order chi connectivity index (χ0) is 32.4. The summed E-state index contributed by atoms with van der Waals surface area (Å²) in [4.78, 5) is 0. The molecular formula is C40H64P4Pt+4. The molecule has 0 fully saturated rings. The van der Waals surface area contributed by atoms with Crippen LogP contribution in [0.5, 0.6) is 0 Å². The SMILES string of the molecule is CC[PH+](CC)c1ccccc1.CC[PH+](CC)c1ccccc1.CC[PH+](CC)c1ccccc1.CC[PH+](CC)c1ccccc1.[Pt]. The summed E-state index contributed by atoms with van der Waals surface area (Å²) in [5.74, 6) is 0. The molecule has 4 aromatic rings. The molecule has 0 aliphatic rings. The average Bonchev–Trinajstić information content (AvgIpc) is 3.10.